The number of amides is 1. The van der Waals surface area contributed by atoms with Crippen LogP contribution in [-0.2, 0) is 4.79 Å². The van der Waals surface area contributed by atoms with E-state index < -0.39 is 0 Å². The summed E-state index contributed by atoms with van der Waals surface area (Å²) in [4.78, 5) is 13.6. The van der Waals surface area contributed by atoms with E-state index in [0.717, 1.165) is 12.0 Å². The van der Waals surface area contributed by atoms with Crippen molar-refractivity contribution in [3.8, 4) is 0 Å². The number of carbonyl (C=O) groups excluding carboxylic acids is 1. The quantitative estimate of drug-likeness (QED) is 0.870. The largest absolute Gasteiger partial charge is 0.334 e. The Morgan fingerprint density at radius 1 is 1.41 bits per heavy atom. The van der Waals surface area contributed by atoms with Crippen LogP contribution in [-0.4, -0.2) is 23.4 Å². The number of benzene rings is 1. The fourth-order valence-corrected chi connectivity index (χ4v) is 2.41. The van der Waals surface area contributed by atoms with Crippen LogP contribution in [0, 0.1) is 5.82 Å². The average Bonchev–Trinajstić information content (AvgIpc) is 2.56. The van der Waals surface area contributed by atoms with E-state index in [1.54, 1.807) is 17.0 Å². The smallest absolute Gasteiger partial charge is 0.224 e. The maximum absolute atomic E-state index is 12.9. The second kappa shape index (κ2) is 4.84. The van der Waals surface area contributed by atoms with Crippen molar-refractivity contribution in [3.63, 3.8) is 0 Å². The van der Waals surface area contributed by atoms with E-state index in [0.29, 0.717) is 13.0 Å². The monoisotopic (exact) mass is 236 g/mol. The van der Waals surface area contributed by atoms with Crippen LogP contribution >= 0.6 is 0 Å². The number of carbonyl (C=O) groups is 1. The summed E-state index contributed by atoms with van der Waals surface area (Å²) in [6.07, 6.45) is 1.28. The lowest BCUT2D eigenvalue weighted by Crippen LogP contribution is -2.33. The van der Waals surface area contributed by atoms with Gasteiger partial charge in [-0.1, -0.05) is 19.1 Å². The van der Waals surface area contributed by atoms with Crippen molar-refractivity contribution < 1.29 is 9.18 Å². The first-order valence-electron chi connectivity index (χ1n) is 5.94. The van der Waals surface area contributed by atoms with Gasteiger partial charge in [-0.2, -0.15) is 0 Å². The van der Waals surface area contributed by atoms with Gasteiger partial charge in [0.15, 0.2) is 0 Å². The minimum atomic E-state index is -0.270. The summed E-state index contributed by atoms with van der Waals surface area (Å²) in [6.45, 7) is 2.73. The lowest BCUT2D eigenvalue weighted by molar-refractivity contribution is -0.129. The van der Waals surface area contributed by atoms with Crippen molar-refractivity contribution >= 4 is 5.91 Å². The molecule has 0 aliphatic carbocycles. The van der Waals surface area contributed by atoms with E-state index in [4.69, 9.17) is 5.73 Å². The summed E-state index contributed by atoms with van der Waals surface area (Å²) in [7, 11) is 0. The molecule has 2 N–H and O–H groups in total. The van der Waals surface area contributed by atoms with Crippen molar-refractivity contribution in [2.45, 2.75) is 31.8 Å². The van der Waals surface area contributed by atoms with Crippen LogP contribution in [0.25, 0.3) is 0 Å². The Bertz CT molecular complexity index is 404. The van der Waals surface area contributed by atoms with Crippen LogP contribution in [0.5, 0.6) is 0 Å². The van der Waals surface area contributed by atoms with Crippen molar-refractivity contribution in [2.75, 3.05) is 6.54 Å². The predicted octanol–water partition coefficient (Wildman–Crippen LogP) is 1.84. The molecule has 92 valence electrons. The summed E-state index contributed by atoms with van der Waals surface area (Å²) >= 11 is 0. The molecule has 4 heteroatoms. The van der Waals surface area contributed by atoms with Gasteiger partial charge in [0.1, 0.15) is 5.82 Å². The summed E-state index contributed by atoms with van der Waals surface area (Å²) in [5, 5.41) is 0. The number of nitrogens with two attached hydrogens (primary N) is 1. The van der Waals surface area contributed by atoms with Crippen LogP contribution in [0.1, 0.15) is 31.4 Å². The number of hydrogen-bond acceptors (Lipinski definition) is 2. The van der Waals surface area contributed by atoms with Crippen molar-refractivity contribution in [2.24, 2.45) is 5.73 Å². The molecule has 1 heterocycles. The van der Waals surface area contributed by atoms with E-state index in [1.165, 1.54) is 12.1 Å². The molecule has 1 fully saturated rings. The highest BCUT2D eigenvalue weighted by Crippen LogP contribution is 2.32. The Morgan fingerprint density at radius 2 is 2.06 bits per heavy atom. The molecule has 1 aliphatic heterocycles. The van der Waals surface area contributed by atoms with E-state index in [9.17, 15) is 9.18 Å². The molecule has 2 rings (SSSR count). The SMILES string of the molecule is CCCN1C(=O)C[C@H](N)[C@H]1c1ccc(F)cc1. The normalized spacial score (nSPS) is 24.4. The number of likely N-dealkylation sites (tertiary alicyclic amines) is 1. The van der Waals surface area contributed by atoms with Crippen LogP contribution in [0.4, 0.5) is 4.39 Å². The van der Waals surface area contributed by atoms with Gasteiger partial charge in [-0.15, -0.1) is 0 Å². The van der Waals surface area contributed by atoms with Crippen LogP contribution in [0.2, 0.25) is 0 Å². The van der Waals surface area contributed by atoms with Gasteiger partial charge < -0.3 is 10.6 Å². The van der Waals surface area contributed by atoms with Gasteiger partial charge in [0.05, 0.1) is 6.04 Å². The first-order valence-corrected chi connectivity index (χ1v) is 5.94. The van der Waals surface area contributed by atoms with E-state index in [-0.39, 0.29) is 23.8 Å². The Hall–Kier alpha value is -1.42. The molecule has 0 radical (unpaired) electrons. The van der Waals surface area contributed by atoms with Gasteiger partial charge in [-0.05, 0) is 24.1 Å². The Labute approximate surface area is 100 Å². The summed E-state index contributed by atoms with van der Waals surface area (Å²) in [5.74, 6) is -0.178. The first kappa shape index (κ1) is 12.0. The molecule has 0 bridgehead atoms. The molecule has 1 aromatic rings. The second-order valence-corrected chi connectivity index (χ2v) is 4.45. The molecular weight excluding hydrogens is 219 g/mol. The van der Waals surface area contributed by atoms with E-state index >= 15 is 0 Å². The molecule has 2 atom stereocenters. The molecule has 1 aliphatic rings. The van der Waals surface area contributed by atoms with Gasteiger partial charge in [0, 0.05) is 19.0 Å². The van der Waals surface area contributed by atoms with Gasteiger partial charge >= 0.3 is 0 Å². The van der Waals surface area contributed by atoms with E-state index in [1.807, 2.05) is 6.92 Å². The molecule has 1 amide bonds. The van der Waals surface area contributed by atoms with Crippen LogP contribution in [0.15, 0.2) is 24.3 Å². The predicted molar refractivity (Wildman–Crippen MR) is 63.7 cm³/mol. The van der Waals surface area contributed by atoms with E-state index in [2.05, 4.69) is 0 Å². The molecule has 0 saturated carbocycles. The minimum Gasteiger partial charge on any atom is -0.334 e. The van der Waals surface area contributed by atoms with Gasteiger partial charge in [0.2, 0.25) is 5.91 Å². The van der Waals surface area contributed by atoms with Crippen molar-refractivity contribution in [1.82, 2.24) is 4.90 Å². The molecule has 17 heavy (non-hydrogen) atoms. The molecule has 0 spiro atoms. The number of halogens is 1. The summed E-state index contributed by atoms with van der Waals surface area (Å²) in [5.41, 5.74) is 6.92. The summed E-state index contributed by atoms with van der Waals surface area (Å²) < 4.78 is 12.9. The Kier molecular flexibility index (Phi) is 3.43. The lowest BCUT2D eigenvalue weighted by Gasteiger charge is -2.26. The zero-order valence-electron chi connectivity index (χ0n) is 9.90. The molecule has 3 nitrogen and oxygen atoms in total. The third-order valence-electron chi connectivity index (χ3n) is 3.15. The molecule has 0 aromatic heterocycles. The highest BCUT2D eigenvalue weighted by atomic mass is 19.1. The van der Waals surface area contributed by atoms with Crippen molar-refractivity contribution in [1.29, 1.82) is 0 Å². The average molecular weight is 236 g/mol. The molecule has 1 aromatic carbocycles. The minimum absolute atomic E-state index is 0.0914. The summed E-state index contributed by atoms with van der Waals surface area (Å²) in [6, 6.07) is 5.94. The fourth-order valence-electron chi connectivity index (χ4n) is 2.41. The third-order valence-corrected chi connectivity index (χ3v) is 3.15. The third kappa shape index (κ3) is 2.31. The Balaban J connectivity index is 2.28. The standard InChI is InChI=1S/C13H17FN2O/c1-2-7-16-12(17)8-11(15)13(16)9-3-5-10(14)6-4-9/h3-6,11,13H,2,7-8,15H2,1H3/t11-,13+/m0/s1. The van der Waals surface area contributed by atoms with Gasteiger partial charge in [-0.3, -0.25) is 4.79 Å². The molecular formula is C13H17FN2O. The highest BCUT2D eigenvalue weighted by Gasteiger charge is 2.37. The fraction of sp³-hybridized carbons (Fsp3) is 0.462. The van der Waals surface area contributed by atoms with Gasteiger partial charge in [-0.25, -0.2) is 4.39 Å². The van der Waals surface area contributed by atoms with Gasteiger partial charge in [0.25, 0.3) is 0 Å². The number of hydrogen-bond donors (Lipinski definition) is 1. The first-order chi connectivity index (χ1) is 8.13. The lowest BCUT2D eigenvalue weighted by atomic mass is 10.0. The zero-order chi connectivity index (χ0) is 12.4. The number of rotatable bonds is 3. The van der Waals surface area contributed by atoms with Crippen LogP contribution in [0.3, 0.4) is 0 Å². The molecule has 1 saturated heterocycles. The van der Waals surface area contributed by atoms with Crippen molar-refractivity contribution in [3.05, 3.63) is 35.6 Å². The molecule has 0 unspecified atom stereocenters. The zero-order valence-corrected chi connectivity index (χ0v) is 9.90. The Morgan fingerprint density at radius 3 is 2.65 bits per heavy atom. The second-order valence-electron chi connectivity index (χ2n) is 4.45. The maximum atomic E-state index is 12.9. The number of nitrogens with zero attached hydrogens (tertiary/aromatic N) is 1. The topological polar surface area (TPSA) is 46.3 Å². The maximum Gasteiger partial charge on any atom is 0.224 e. The van der Waals surface area contributed by atoms with Crippen LogP contribution < -0.4 is 5.73 Å². The highest BCUT2D eigenvalue weighted by molar-refractivity contribution is 5.80.